The number of hydrogen-bond acceptors (Lipinski definition) is 4. The summed E-state index contributed by atoms with van der Waals surface area (Å²) in [5.74, 6) is 0.848. The molecule has 1 aliphatic rings. The highest BCUT2D eigenvalue weighted by molar-refractivity contribution is 5.77. The lowest BCUT2D eigenvalue weighted by Crippen LogP contribution is -2.36. The molecule has 1 aromatic heterocycles. The summed E-state index contributed by atoms with van der Waals surface area (Å²) < 4.78 is 0. The molecule has 1 saturated heterocycles. The van der Waals surface area contributed by atoms with Crippen molar-refractivity contribution in [3.05, 3.63) is 30.1 Å². The maximum Gasteiger partial charge on any atom is 0.236 e. The molecule has 0 radical (unpaired) electrons. The topological polar surface area (TPSA) is 39.7 Å². The second-order valence-electron chi connectivity index (χ2n) is 6.24. The smallest absolute Gasteiger partial charge is 0.236 e. The normalized spacial score (nSPS) is 19.1. The molecule has 116 valence electrons. The highest BCUT2D eigenvalue weighted by atomic mass is 16.2. The first-order valence-corrected chi connectivity index (χ1v) is 7.54. The van der Waals surface area contributed by atoms with Crippen molar-refractivity contribution in [1.82, 2.24) is 19.7 Å². The van der Waals surface area contributed by atoms with E-state index in [4.69, 9.17) is 0 Å². The molecule has 2 heterocycles. The van der Waals surface area contributed by atoms with Gasteiger partial charge in [-0.05, 0) is 37.6 Å². The van der Waals surface area contributed by atoms with Gasteiger partial charge in [0.1, 0.15) is 0 Å². The van der Waals surface area contributed by atoms with Crippen molar-refractivity contribution in [3.63, 3.8) is 0 Å². The second kappa shape index (κ2) is 7.52. The molecule has 0 unspecified atom stereocenters. The van der Waals surface area contributed by atoms with Crippen molar-refractivity contribution < 1.29 is 4.79 Å². The van der Waals surface area contributed by atoms with Gasteiger partial charge in [0.15, 0.2) is 0 Å². The zero-order valence-electron chi connectivity index (χ0n) is 13.3. The molecule has 0 spiro atoms. The van der Waals surface area contributed by atoms with Crippen molar-refractivity contribution in [2.75, 3.05) is 47.3 Å². The van der Waals surface area contributed by atoms with E-state index in [-0.39, 0.29) is 5.91 Å². The van der Waals surface area contributed by atoms with Crippen LogP contribution in [0.2, 0.25) is 0 Å². The Morgan fingerprint density at radius 3 is 2.90 bits per heavy atom. The standard InChI is InChI=1S/C16H26N4O/c1-18(2)16(21)13-20-8-6-15(12-20)11-19(3)10-14-5-4-7-17-9-14/h4-5,7,9,15H,6,8,10-13H2,1-3H3/t15-/m1/s1. The quantitative estimate of drug-likeness (QED) is 0.781. The Labute approximate surface area is 127 Å². The Balaban J connectivity index is 1.73. The van der Waals surface area contributed by atoms with E-state index in [1.165, 1.54) is 12.0 Å². The summed E-state index contributed by atoms with van der Waals surface area (Å²) in [4.78, 5) is 22.2. The number of likely N-dealkylation sites (N-methyl/N-ethyl adjacent to an activating group) is 1. The average molecular weight is 290 g/mol. The molecule has 0 bridgehead atoms. The first kappa shape index (κ1) is 15.9. The monoisotopic (exact) mass is 290 g/mol. The lowest BCUT2D eigenvalue weighted by atomic mass is 10.1. The fourth-order valence-electron chi connectivity index (χ4n) is 2.85. The molecule has 1 atom stereocenters. The predicted octanol–water partition coefficient (Wildman–Crippen LogP) is 0.924. The number of likely N-dealkylation sites (tertiary alicyclic amines) is 1. The number of hydrogen-bond donors (Lipinski definition) is 0. The van der Waals surface area contributed by atoms with E-state index in [0.717, 1.165) is 26.2 Å². The minimum Gasteiger partial charge on any atom is -0.348 e. The van der Waals surface area contributed by atoms with E-state index in [2.05, 4.69) is 27.9 Å². The van der Waals surface area contributed by atoms with Crippen molar-refractivity contribution in [1.29, 1.82) is 0 Å². The summed E-state index contributed by atoms with van der Waals surface area (Å²) in [5, 5.41) is 0. The highest BCUT2D eigenvalue weighted by Crippen LogP contribution is 2.17. The van der Waals surface area contributed by atoms with Crippen LogP contribution >= 0.6 is 0 Å². The van der Waals surface area contributed by atoms with Crippen molar-refractivity contribution in [2.24, 2.45) is 5.92 Å². The Bertz CT molecular complexity index is 449. The van der Waals surface area contributed by atoms with E-state index in [9.17, 15) is 4.79 Å². The molecule has 5 nitrogen and oxygen atoms in total. The minimum absolute atomic E-state index is 0.194. The Morgan fingerprint density at radius 1 is 1.43 bits per heavy atom. The molecule has 1 fully saturated rings. The first-order chi connectivity index (χ1) is 10.0. The lowest BCUT2D eigenvalue weighted by molar-refractivity contribution is -0.129. The highest BCUT2D eigenvalue weighted by Gasteiger charge is 2.25. The van der Waals surface area contributed by atoms with Gasteiger partial charge in [-0.25, -0.2) is 0 Å². The van der Waals surface area contributed by atoms with E-state index in [1.807, 2.05) is 26.4 Å². The lowest BCUT2D eigenvalue weighted by Gasteiger charge is -2.22. The minimum atomic E-state index is 0.194. The summed E-state index contributed by atoms with van der Waals surface area (Å²) in [6.07, 6.45) is 4.91. The van der Waals surface area contributed by atoms with Gasteiger partial charge in [0.2, 0.25) is 5.91 Å². The number of amides is 1. The fraction of sp³-hybridized carbons (Fsp3) is 0.625. The average Bonchev–Trinajstić information content (AvgIpc) is 2.86. The van der Waals surface area contributed by atoms with Gasteiger partial charge in [-0.1, -0.05) is 6.07 Å². The van der Waals surface area contributed by atoms with Gasteiger partial charge >= 0.3 is 0 Å². The van der Waals surface area contributed by atoms with Crippen LogP contribution in [0.25, 0.3) is 0 Å². The number of carbonyl (C=O) groups is 1. The van der Waals surface area contributed by atoms with Crippen LogP contribution in [0.3, 0.4) is 0 Å². The zero-order chi connectivity index (χ0) is 15.2. The molecule has 5 heteroatoms. The first-order valence-electron chi connectivity index (χ1n) is 7.54. The molecule has 1 amide bonds. The van der Waals surface area contributed by atoms with Gasteiger partial charge < -0.3 is 9.80 Å². The van der Waals surface area contributed by atoms with Crippen LogP contribution in [0.5, 0.6) is 0 Å². The molecule has 1 aromatic rings. The molecule has 0 aliphatic carbocycles. The molecule has 0 N–H and O–H groups in total. The Kier molecular flexibility index (Phi) is 5.70. The van der Waals surface area contributed by atoms with E-state index in [1.54, 1.807) is 11.1 Å². The summed E-state index contributed by atoms with van der Waals surface area (Å²) in [6.45, 7) is 4.61. The largest absolute Gasteiger partial charge is 0.348 e. The van der Waals surface area contributed by atoms with E-state index < -0.39 is 0 Å². The Hall–Kier alpha value is -1.46. The van der Waals surface area contributed by atoms with Crippen LogP contribution in [-0.4, -0.2) is 72.9 Å². The van der Waals surface area contributed by atoms with Crippen LogP contribution in [0, 0.1) is 5.92 Å². The van der Waals surface area contributed by atoms with E-state index >= 15 is 0 Å². The van der Waals surface area contributed by atoms with Gasteiger partial charge in [-0.3, -0.25) is 14.7 Å². The maximum atomic E-state index is 11.7. The van der Waals surface area contributed by atoms with Gasteiger partial charge in [0.05, 0.1) is 6.54 Å². The summed E-state index contributed by atoms with van der Waals surface area (Å²) in [5.41, 5.74) is 1.25. The molecule has 21 heavy (non-hydrogen) atoms. The molecular formula is C16H26N4O. The third-order valence-corrected chi connectivity index (χ3v) is 3.97. The van der Waals surface area contributed by atoms with Gasteiger partial charge in [0.25, 0.3) is 0 Å². The third kappa shape index (κ3) is 5.10. The second-order valence-corrected chi connectivity index (χ2v) is 6.24. The number of rotatable bonds is 6. The van der Waals surface area contributed by atoms with Crippen molar-refractivity contribution in [3.8, 4) is 0 Å². The van der Waals surface area contributed by atoms with Crippen LogP contribution in [0.15, 0.2) is 24.5 Å². The molecule has 2 rings (SSSR count). The molecular weight excluding hydrogens is 264 g/mol. The molecule has 0 aromatic carbocycles. The summed E-state index contributed by atoms with van der Waals surface area (Å²) >= 11 is 0. The summed E-state index contributed by atoms with van der Waals surface area (Å²) in [7, 11) is 5.79. The number of aromatic nitrogens is 1. The molecule has 0 saturated carbocycles. The Morgan fingerprint density at radius 2 is 2.24 bits per heavy atom. The van der Waals surface area contributed by atoms with Crippen molar-refractivity contribution >= 4 is 5.91 Å². The number of nitrogens with zero attached hydrogens (tertiary/aromatic N) is 4. The maximum absolute atomic E-state index is 11.7. The fourth-order valence-corrected chi connectivity index (χ4v) is 2.85. The van der Waals surface area contributed by atoms with Crippen LogP contribution in [-0.2, 0) is 11.3 Å². The third-order valence-electron chi connectivity index (χ3n) is 3.97. The van der Waals surface area contributed by atoms with E-state index in [0.29, 0.717) is 12.5 Å². The van der Waals surface area contributed by atoms with Gasteiger partial charge in [-0.15, -0.1) is 0 Å². The van der Waals surface area contributed by atoms with Crippen molar-refractivity contribution in [2.45, 2.75) is 13.0 Å². The predicted molar refractivity (Wildman–Crippen MR) is 83.8 cm³/mol. The van der Waals surface area contributed by atoms with Crippen LogP contribution < -0.4 is 0 Å². The van der Waals surface area contributed by atoms with Gasteiger partial charge in [0, 0.05) is 46.1 Å². The zero-order valence-corrected chi connectivity index (χ0v) is 13.3. The van der Waals surface area contributed by atoms with Crippen LogP contribution in [0.1, 0.15) is 12.0 Å². The summed E-state index contributed by atoms with van der Waals surface area (Å²) in [6, 6.07) is 4.09. The number of pyridine rings is 1. The van der Waals surface area contributed by atoms with Crippen LogP contribution in [0.4, 0.5) is 0 Å². The SMILES string of the molecule is CN(Cc1cccnc1)C[C@H]1CCN(CC(=O)N(C)C)C1. The van der Waals surface area contributed by atoms with Gasteiger partial charge in [-0.2, -0.15) is 0 Å². The number of carbonyl (C=O) groups excluding carboxylic acids is 1. The molecule has 1 aliphatic heterocycles.